The maximum atomic E-state index is 10.9. The lowest BCUT2D eigenvalue weighted by atomic mass is 10.2. The molecule has 0 spiro atoms. The Morgan fingerprint density at radius 2 is 2.29 bits per heavy atom. The normalized spacial score (nSPS) is 10.6. The van der Waals surface area contributed by atoms with E-state index >= 15 is 0 Å². The molecule has 0 atom stereocenters. The number of hydrogen-bond donors (Lipinski definition) is 2. The zero-order chi connectivity index (χ0) is 12.8. The van der Waals surface area contributed by atoms with Gasteiger partial charge in [0, 0.05) is 31.4 Å². The number of nitrogens with two attached hydrogens (primary N) is 1. The number of carbonyl (C=O) groups is 1. The van der Waals surface area contributed by atoms with Crippen LogP contribution in [0.15, 0.2) is 18.3 Å². The van der Waals surface area contributed by atoms with E-state index < -0.39 is 0 Å². The predicted octanol–water partition coefficient (Wildman–Crippen LogP) is 0.501. The molecule has 3 N–H and O–H groups in total. The molecule has 0 fully saturated rings. The molecule has 0 aliphatic heterocycles. The minimum atomic E-state index is -0.360. The zero-order valence-corrected chi connectivity index (χ0v) is 10.6. The molecule has 1 aromatic heterocycles. The van der Waals surface area contributed by atoms with Crippen molar-refractivity contribution in [3.05, 3.63) is 23.9 Å². The number of anilines is 1. The standard InChI is InChI=1S/C12H20N4O/c1-9(2)15-7-10-5-4-6-14-12(10)16(3)8-11(13)17/h4-6,9,15H,7-8H2,1-3H3,(H2,13,17). The molecule has 0 aromatic carbocycles. The molecule has 94 valence electrons. The number of nitrogens with zero attached hydrogens (tertiary/aromatic N) is 2. The number of rotatable bonds is 6. The minimum Gasteiger partial charge on any atom is -0.368 e. The third-order valence-corrected chi connectivity index (χ3v) is 2.32. The summed E-state index contributed by atoms with van der Waals surface area (Å²) in [6.45, 7) is 5.07. The SMILES string of the molecule is CC(C)NCc1cccnc1N(C)CC(N)=O. The summed E-state index contributed by atoms with van der Waals surface area (Å²) < 4.78 is 0. The maximum Gasteiger partial charge on any atom is 0.236 e. The highest BCUT2D eigenvalue weighted by Gasteiger charge is 2.10. The highest BCUT2D eigenvalue weighted by Crippen LogP contribution is 2.15. The van der Waals surface area contributed by atoms with E-state index in [0.717, 1.165) is 17.9 Å². The van der Waals surface area contributed by atoms with Crippen LogP contribution in [0.25, 0.3) is 0 Å². The van der Waals surface area contributed by atoms with Crippen LogP contribution >= 0.6 is 0 Å². The van der Waals surface area contributed by atoms with Crippen molar-refractivity contribution in [2.45, 2.75) is 26.4 Å². The molecular formula is C12H20N4O. The van der Waals surface area contributed by atoms with Crippen molar-refractivity contribution in [3.63, 3.8) is 0 Å². The molecule has 0 radical (unpaired) electrons. The van der Waals surface area contributed by atoms with Gasteiger partial charge in [0.15, 0.2) is 0 Å². The number of carbonyl (C=O) groups excluding carboxylic acids is 1. The summed E-state index contributed by atoms with van der Waals surface area (Å²) in [5.41, 5.74) is 6.24. The number of primary amides is 1. The number of hydrogen-bond acceptors (Lipinski definition) is 4. The summed E-state index contributed by atoms with van der Waals surface area (Å²) in [7, 11) is 1.81. The van der Waals surface area contributed by atoms with Crippen molar-refractivity contribution in [2.75, 3.05) is 18.5 Å². The highest BCUT2D eigenvalue weighted by molar-refractivity contribution is 5.79. The molecular weight excluding hydrogens is 216 g/mol. The quantitative estimate of drug-likeness (QED) is 0.754. The summed E-state index contributed by atoms with van der Waals surface area (Å²) in [4.78, 5) is 16.9. The number of aromatic nitrogens is 1. The van der Waals surface area contributed by atoms with Gasteiger partial charge in [0.1, 0.15) is 5.82 Å². The van der Waals surface area contributed by atoms with E-state index in [0.29, 0.717) is 6.04 Å². The Labute approximate surface area is 102 Å². The lowest BCUT2D eigenvalue weighted by Gasteiger charge is -2.20. The number of pyridine rings is 1. The first-order valence-corrected chi connectivity index (χ1v) is 5.67. The van der Waals surface area contributed by atoms with Gasteiger partial charge in [-0.15, -0.1) is 0 Å². The fourth-order valence-electron chi connectivity index (χ4n) is 1.53. The number of amides is 1. The van der Waals surface area contributed by atoms with Crippen molar-refractivity contribution >= 4 is 11.7 Å². The highest BCUT2D eigenvalue weighted by atomic mass is 16.1. The van der Waals surface area contributed by atoms with E-state index in [1.54, 1.807) is 11.1 Å². The Kier molecular flexibility index (Phi) is 4.90. The summed E-state index contributed by atoms with van der Waals surface area (Å²) in [5.74, 6) is 0.431. The molecule has 1 amide bonds. The lowest BCUT2D eigenvalue weighted by Crippen LogP contribution is -2.32. The molecule has 17 heavy (non-hydrogen) atoms. The second-order valence-corrected chi connectivity index (χ2v) is 4.34. The largest absolute Gasteiger partial charge is 0.368 e. The Bertz CT molecular complexity index is 379. The van der Waals surface area contributed by atoms with Gasteiger partial charge in [-0.05, 0) is 6.07 Å². The molecule has 0 aliphatic rings. The third kappa shape index (κ3) is 4.40. The summed E-state index contributed by atoms with van der Waals surface area (Å²) >= 11 is 0. The van der Waals surface area contributed by atoms with E-state index in [-0.39, 0.29) is 12.5 Å². The van der Waals surface area contributed by atoms with Gasteiger partial charge in [-0.1, -0.05) is 19.9 Å². The fraction of sp³-hybridized carbons (Fsp3) is 0.500. The average Bonchev–Trinajstić information content (AvgIpc) is 2.25. The van der Waals surface area contributed by atoms with Gasteiger partial charge in [-0.25, -0.2) is 4.98 Å². The van der Waals surface area contributed by atoms with Crippen molar-refractivity contribution in [2.24, 2.45) is 5.73 Å². The topological polar surface area (TPSA) is 71.2 Å². The van der Waals surface area contributed by atoms with E-state index in [2.05, 4.69) is 24.1 Å². The molecule has 5 heteroatoms. The third-order valence-electron chi connectivity index (χ3n) is 2.32. The van der Waals surface area contributed by atoms with Gasteiger partial charge in [0.25, 0.3) is 0 Å². The van der Waals surface area contributed by atoms with Crippen LogP contribution in [0.2, 0.25) is 0 Å². The van der Waals surface area contributed by atoms with Gasteiger partial charge in [0.2, 0.25) is 5.91 Å². The Balaban J connectivity index is 2.79. The predicted molar refractivity (Wildman–Crippen MR) is 68.7 cm³/mol. The van der Waals surface area contributed by atoms with Gasteiger partial charge in [0.05, 0.1) is 6.54 Å². The molecule has 1 aromatic rings. The van der Waals surface area contributed by atoms with Crippen LogP contribution in [0.4, 0.5) is 5.82 Å². The van der Waals surface area contributed by atoms with Gasteiger partial charge >= 0.3 is 0 Å². The molecule has 0 saturated carbocycles. The van der Waals surface area contributed by atoms with Crippen molar-refractivity contribution < 1.29 is 4.79 Å². The van der Waals surface area contributed by atoms with Crippen molar-refractivity contribution in [3.8, 4) is 0 Å². The van der Waals surface area contributed by atoms with Crippen LogP contribution in [0.5, 0.6) is 0 Å². The van der Waals surface area contributed by atoms with Gasteiger partial charge in [-0.2, -0.15) is 0 Å². The smallest absolute Gasteiger partial charge is 0.236 e. The van der Waals surface area contributed by atoms with Gasteiger partial charge < -0.3 is 16.0 Å². The van der Waals surface area contributed by atoms with Crippen LogP contribution in [0.3, 0.4) is 0 Å². The van der Waals surface area contributed by atoms with E-state index in [9.17, 15) is 4.79 Å². The lowest BCUT2D eigenvalue weighted by molar-refractivity contribution is -0.116. The van der Waals surface area contributed by atoms with E-state index in [4.69, 9.17) is 5.73 Å². The molecule has 1 heterocycles. The second-order valence-electron chi connectivity index (χ2n) is 4.34. The van der Waals surface area contributed by atoms with Crippen LogP contribution in [-0.4, -0.2) is 30.5 Å². The van der Waals surface area contributed by atoms with Crippen LogP contribution in [-0.2, 0) is 11.3 Å². The van der Waals surface area contributed by atoms with E-state index in [1.807, 2.05) is 19.2 Å². The number of likely N-dealkylation sites (N-methyl/N-ethyl adjacent to an activating group) is 1. The maximum absolute atomic E-state index is 10.9. The Morgan fingerprint density at radius 3 is 2.88 bits per heavy atom. The summed E-state index contributed by atoms with van der Waals surface area (Å²) in [5, 5.41) is 3.33. The Morgan fingerprint density at radius 1 is 1.59 bits per heavy atom. The zero-order valence-electron chi connectivity index (χ0n) is 10.6. The van der Waals surface area contributed by atoms with Crippen LogP contribution in [0.1, 0.15) is 19.4 Å². The summed E-state index contributed by atoms with van der Waals surface area (Å²) in [6.07, 6.45) is 1.71. The number of nitrogens with one attached hydrogen (secondary N) is 1. The van der Waals surface area contributed by atoms with Crippen molar-refractivity contribution in [1.29, 1.82) is 0 Å². The van der Waals surface area contributed by atoms with Crippen molar-refractivity contribution in [1.82, 2.24) is 10.3 Å². The monoisotopic (exact) mass is 236 g/mol. The van der Waals surface area contributed by atoms with E-state index in [1.165, 1.54) is 0 Å². The Hall–Kier alpha value is -1.62. The molecule has 0 saturated heterocycles. The summed E-state index contributed by atoms with van der Waals surface area (Å²) in [6, 6.07) is 4.29. The van der Waals surface area contributed by atoms with Gasteiger partial charge in [-0.3, -0.25) is 4.79 Å². The molecule has 5 nitrogen and oxygen atoms in total. The van der Waals surface area contributed by atoms with Crippen LogP contribution < -0.4 is 16.0 Å². The first-order valence-electron chi connectivity index (χ1n) is 5.67. The molecule has 0 bridgehead atoms. The fourth-order valence-corrected chi connectivity index (χ4v) is 1.53. The average molecular weight is 236 g/mol. The molecule has 1 rings (SSSR count). The molecule has 0 unspecified atom stereocenters. The second kappa shape index (κ2) is 6.20. The first kappa shape index (κ1) is 13.4. The first-order chi connectivity index (χ1) is 8.00. The minimum absolute atomic E-state index is 0.172. The molecule has 0 aliphatic carbocycles. The van der Waals surface area contributed by atoms with Crippen LogP contribution in [0, 0.1) is 0 Å².